The van der Waals surface area contributed by atoms with Crippen LogP contribution in [0.3, 0.4) is 0 Å². The molecule has 46 heavy (non-hydrogen) atoms. The molecule has 3 amide bonds. The number of fused-ring (bicyclic) bond motifs is 2. The molecule has 1 saturated heterocycles. The summed E-state index contributed by atoms with van der Waals surface area (Å²) in [6.07, 6.45) is 0. The van der Waals surface area contributed by atoms with Gasteiger partial charge in [0.2, 0.25) is 17.7 Å². The van der Waals surface area contributed by atoms with Crippen molar-refractivity contribution in [3.8, 4) is 0 Å². The Morgan fingerprint density at radius 3 is 2.28 bits per heavy atom. The molecular weight excluding hydrogens is 656 g/mol. The number of anilines is 2. The first kappa shape index (κ1) is 31.2. The maximum Gasteiger partial charge on any atom is 0.338 e. The molecule has 4 aromatic rings. The second-order valence-corrected chi connectivity index (χ2v) is 12.9. The van der Waals surface area contributed by atoms with Crippen molar-refractivity contribution in [3.63, 3.8) is 0 Å². The van der Waals surface area contributed by atoms with Gasteiger partial charge < -0.3 is 10.1 Å². The van der Waals surface area contributed by atoms with Crippen LogP contribution in [-0.4, -0.2) is 45.0 Å². The average Bonchev–Trinajstić information content (AvgIpc) is 3.48. The molecule has 1 N–H and O–H groups in total. The second-order valence-electron chi connectivity index (χ2n) is 10.3. The fourth-order valence-electron chi connectivity index (χ4n) is 5.51. The number of nitro benzene ring substituents is 1. The van der Waals surface area contributed by atoms with E-state index in [0.717, 1.165) is 28.0 Å². The Balaban J connectivity index is 1.33. The summed E-state index contributed by atoms with van der Waals surface area (Å²) in [5, 5.41) is 13.8. The number of thiazole rings is 1. The number of non-ortho nitro benzene ring substituents is 1. The predicted octanol–water partition coefficient (Wildman–Crippen LogP) is 5.08. The fourth-order valence-corrected chi connectivity index (χ4v) is 8.41. The van der Waals surface area contributed by atoms with Gasteiger partial charge in [-0.25, -0.2) is 9.69 Å². The smallest absolute Gasteiger partial charge is 0.338 e. The van der Waals surface area contributed by atoms with Gasteiger partial charge in [0.05, 0.1) is 33.7 Å². The van der Waals surface area contributed by atoms with Crippen molar-refractivity contribution in [2.75, 3.05) is 16.8 Å². The Morgan fingerprint density at radius 1 is 0.978 bits per heavy atom. The first-order valence-electron chi connectivity index (χ1n) is 13.9. The molecule has 0 spiro atoms. The van der Waals surface area contributed by atoms with Crippen LogP contribution in [0.4, 0.5) is 17.1 Å². The van der Waals surface area contributed by atoms with Gasteiger partial charge in [-0.05, 0) is 61.0 Å². The molecule has 0 aliphatic carbocycles. The third-order valence-electron chi connectivity index (χ3n) is 7.58. The third kappa shape index (κ3) is 5.70. The zero-order chi connectivity index (χ0) is 32.7. The summed E-state index contributed by atoms with van der Waals surface area (Å²) in [5.41, 5.74) is 1.39. The number of benzene rings is 3. The summed E-state index contributed by atoms with van der Waals surface area (Å²) in [6, 6.07) is 18.0. The summed E-state index contributed by atoms with van der Waals surface area (Å²) in [6.45, 7) is 1.56. The topological polar surface area (TPSA) is 158 Å². The number of hydrogen-bond donors (Lipinski definition) is 1. The van der Waals surface area contributed by atoms with Crippen molar-refractivity contribution in [1.29, 1.82) is 0 Å². The number of amides is 3. The average molecular weight is 679 g/mol. The van der Waals surface area contributed by atoms with E-state index in [1.165, 1.54) is 41.0 Å². The minimum atomic E-state index is -0.936. The first-order valence-corrected chi connectivity index (χ1v) is 16.0. The number of nitro groups is 1. The van der Waals surface area contributed by atoms with Gasteiger partial charge in [-0.15, -0.1) is 0 Å². The molecule has 3 atom stereocenters. The Hall–Kier alpha value is -4.79. The highest BCUT2D eigenvalue weighted by molar-refractivity contribution is 8.00. The summed E-state index contributed by atoms with van der Waals surface area (Å²) >= 11 is 8.09. The standard InChI is InChI=1S/C31H23ClN4O8S2/c1-2-44-30(40)17-5-9-19(10-6-17)33-22(37)15-34-29-26(46-31(34)41)23(16-3-7-18(32)8-4-16)24-25(45-29)28(39)35(27(24)38)20-11-13-21(14-12-20)36(42)43/h3-14,23-25H,2,15H2,1H3,(H,33,37)/t23-,24-,25+/m0/s1. The number of thioether (sulfide) groups is 1. The first-order chi connectivity index (χ1) is 22.1. The normalized spacial score (nSPS) is 18.6. The van der Waals surface area contributed by atoms with Gasteiger partial charge in [0.25, 0.3) is 5.69 Å². The molecular formula is C31H23ClN4O8S2. The molecule has 15 heteroatoms. The molecule has 0 saturated carbocycles. The molecule has 0 radical (unpaired) electrons. The summed E-state index contributed by atoms with van der Waals surface area (Å²) in [7, 11) is 0. The summed E-state index contributed by atoms with van der Waals surface area (Å²) in [5.74, 6) is -3.63. The number of halogens is 1. The molecule has 0 bridgehead atoms. The number of esters is 1. The summed E-state index contributed by atoms with van der Waals surface area (Å²) in [4.78, 5) is 77.9. The van der Waals surface area contributed by atoms with E-state index in [4.69, 9.17) is 16.3 Å². The van der Waals surface area contributed by atoms with Crippen LogP contribution >= 0.6 is 34.7 Å². The fraction of sp³-hybridized carbons (Fsp3) is 0.194. The highest BCUT2D eigenvalue weighted by Gasteiger charge is 2.56. The minimum Gasteiger partial charge on any atom is -0.462 e. The molecule has 12 nitrogen and oxygen atoms in total. The van der Waals surface area contributed by atoms with E-state index in [9.17, 15) is 34.1 Å². The SMILES string of the molecule is CCOC(=O)c1ccc(NC(=O)Cn2c3c(sc2=O)[C@@H](c2ccc(Cl)cc2)[C@@H]2C(=O)N(c4ccc([N+](=O)[O-])cc4)C(=O)[C@@H]2S3)cc1. The molecule has 2 aliphatic rings. The number of rotatable bonds is 8. The second kappa shape index (κ2) is 12.5. The number of nitrogens with one attached hydrogen (secondary N) is 1. The van der Waals surface area contributed by atoms with Crippen LogP contribution in [0, 0.1) is 16.0 Å². The highest BCUT2D eigenvalue weighted by Crippen LogP contribution is 2.54. The zero-order valence-corrected chi connectivity index (χ0v) is 26.3. The number of aromatic nitrogens is 1. The van der Waals surface area contributed by atoms with E-state index in [2.05, 4.69) is 5.32 Å². The lowest BCUT2D eigenvalue weighted by Gasteiger charge is -2.30. The minimum absolute atomic E-state index is 0.187. The van der Waals surface area contributed by atoms with Gasteiger partial charge in [-0.2, -0.15) is 0 Å². The maximum absolute atomic E-state index is 14.0. The number of nitrogens with zero attached hydrogens (tertiary/aromatic N) is 3. The van der Waals surface area contributed by atoms with Crippen LogP contribution in [0.2, 0.25) is 5.02 Å². The number of imide groups is 1. The Labute approximate surface area is 274 Å². The number of ether oxygens (including phenoxy) is 1. The van der Waals surface area contributed by atoms with Crippen LogP contribution in [0.15, 0.2) is 82.6 Å². The quantitative estimate of drug-likeness (QED) is 0.116. The van der Waals surface area contributed by atoms with Crippen molar-refractivity contribution in [2.24, 2.45) is 5.92 Å². The lowest BCUT2D eigenvalue weighted by Crippen LogP contribution is -2.33. The van der Waals surface area contributed by atoms with E-state index in [1.807, 2.05) is 0 Å². The van der Waals surface area contributed by atoms with Crippen LogP contribution in [0.25, 0.3) is 0 Å². The molecule has 3 heterocycles. The molecule has 234 valence electrons. The Kier molecular flexibility index (Phi) is 8.51. The van der Waals surface area contributed by atoms with Crippen LogP contribution < -0.4 is 15.1 Å². The largest absolute Gasteiger partial charge is 0.462 e. The van der Waals surface area contributed by atoms with E-state index in [0.29, 0.717) is 31.7 Å². The molecule has 3 aromatic carbocycles. The van der Waals surface area contributed by atoms with E-state index in [-0.39, 0.29) is 24.5 Å². The molecule has 6 rings (SSSR count). The van der Waals surface area contributed by atoms with Crippen molar-refractivity contribution in [1.82, 2.24) is 4.57 Å². The van der Waals surface area contributed by atoms with Gasteiger partial charge in [0.1, 0.15) is 11.8 Å². The highest BCUT2D eigenvalue weighted by atomic mass is 35.5. The Bertz CT molecular complexity index is 1940. The van der Waals surface area contributed by atoms with Crippen molar-refractivity contribution >= 4 is 75.5 Å². The van der Waals surface area contributed by atoms with E-state index in [1.54, 1.807) is 43.3 Å². The lowest BCUT2D eigenvalue weighted by molar-refractivity contribution is -0.384. The zero-order valence-electron chi connectivity index (χ0n) is 23.9. The van der Waals surface area contributed by atoms with Gasteiger partial charge in [-0.3, -0.25) is 33.9 Å². The van der Waals surface area contributed by atoms with Crippen molar-refractivity contribution in [2.45, 2.75) is 29.7 Å². The molecule has 1 fully saturated rings. The van der Waals surface area contributed by atoms with Gasteiger partial charge >= 0.3 is 10.8 Å². The molecule has 2 aliphatic heterocycles. The van der Waals surface area contributed by atoms with Crippen LogP contribution in [0.5, 0.6) is 0 Å². The predicted molar refractivity (Wildman–Crippen MR) is 172 cm³/mol. The number of hydrogen-bond acceptors (Lipinski definition) is 10. The molecule has 0 unspecified atom stereocenters. The molecule has 1 aromatic heterocycles. The van der Waals surface area contributed by atoms with Crippen molar-refractivity contribution in [3.05, 3.63) is 114 Å². The number of carbonyl (C=O) groups is 4. The van der Waals surface area contributed by atoms with E-state index < -0.39 is 50.6 Å². The van der Waals surface area contributed by atoms with Gasteiger partial charge in [0, 0.05) is 33.6 Å². The van der Waals surface area contributed by atoms with Gasteiger partial charge in [-0.1, -0.05) is 46.8 Å². The maximum atomic E-state index is 14.0. The van der Waals surface area contributed by atoms with E-state index >= 15 is 0 Å². The number of carbonyl (C=O) groups excluding carboxylic acids is 4. The third-order valence-corrected chi connectivity index (χ3v) is 10.4. The van der Waals surface area contributed by atoms with Gasteiger partial charge in [0.15, 0.2) is 0 Å². The monoisotopic (exact) mass is 678 g/mol. The Morgan fingerprint density at radius 2 is 1.65 bits per heavy atom. The lowest BCUT2D eigenvalue weighted by atomic mass is 9.83. The van der Waals surface area contributed by atoms with Crippen LogP contribution in [-0.2, 0) is 25.7 Å². The van der Waals surface area contributed by atoms with Crippen LogP contribution in [0.1, 0.15) is 33.6 Å². The summed E-state index contributed by atoms with van der Waals surface area (Å²) < 4.78 is 6.27. The van der Waals surface area contributed by atoms with Crippen molar-refractivity contribution < 1.29 is 28.8 Å².